The van der Waals surface area contributed by atoms with Crippen LogP contribution in [0.4, 0.5) is 5.95 Å². The lowest BCUT2D eigenvalue weighted by molar-refractivity contribution is -0.739. The van der Waals surface area contributed by atoms with Gasteiger partial charge in [-0.25, -0.2) is 13.7 Å². The monoisotopic (exact) mass is 544 g/mol. The Labute approximate surface area is 198 Å². The summed E-state index contributed by atoms with van der Waals surface area (Å²) in [4.78, 5) is 37.8. The second-order valence-corrected chi connectivity index (χ2v) is 11.5. The smallest absolute Gasteiger partial charge is 0.355 e. The Hall–Kier alpha value is -1.32. The molecule has 4 atom stereocenters. The van der Waals surface area contributed by atoms with Crippen LogP contribution < -0.4 is 15.9 Å². The summed E-state index contributed by atoms with van der Waals surface area (Å²) in [5, 5.41) is 0. The Balaban J connectivity index is 1.41. The fourth-order valence-electron chi connectivity index (χ4n) is 3.29. The van der Waals surface area contributed by atoms with Gasteiger partial charge < -0.3 is 20.3 Å². The van der Waals surface area contributed by atoms with Crippen molar-refractivity contribution in [3.63, 3.8) is 0 Å². The maximum atomic E-state index is 12.2. The third-order valence-corrected chi connectivity index (χ3v) is 7.67. The SMILES string of the molecule is COP(=O)(O)OCCSCCOP(=O)(O)OCC1CCC([n+]2cn(C)c3c(=O)[nH]c(N)nc32)O1. The molecule has 0 amide bonds. The average molecular weight is 544 g/mol. The van der Waals surface area contributed by atoms with Gasteiger partial charge >= 0.3 is 21.3 Å². The fraction of sp³-hybridized carbons (Fsp3) is 0.688. The number of phosphoric ester groups is 2. The molecule has 34 heavy (non-hydrogen) atoms. The minimum atomic E-state index is -4.29. The number of phosphoric acid groups is 2. The molecule has 2 aromatic heterocycles. The van der Waals surface area contributed by atoms with Gasteiger partial charge in [-0.15, -0.1) is 0 Å². The molecule has 1 aliphatic rings. The van der Waals surface area contributed by atoms with Crippen LogP contribution in [-0.4, -0.2) is 68.9 Å². The molecule has 1 aliphatic heterocycles. The van der Waals surface area contributed by atoms with Crippen LogP contribution in [0.2, 0.25) is 0 Å². The zero-order valence-corrected chi connectivity index (χ0v) is 21.2. The molecular formula is C16H28N5O10P2S+. The lowest BCUT2D eigenvalue weighted by atomic mass is 10.2. The van der Waals surface area contributed by atoms with E-state index in [-0.39, 0.29) is 31.3 Å². The van der Waals surface area contributed by atoms with Crippen molar-refractivity contribution < 1.29 is 46.3 Å². The van der Waals surface area contributed by atoms with Crippen molar-refractivity contribution in [3.05, 3.63) is 16.7 Å². The number of imidazole rings is 1. The number of ether oxygens (including phenoxy) is 1. The van der Waals surface area contributed by atoms with Gasteiger partial charge in [0.05, 0.1) is 33.0 Å². The van der Waals surface area contributed by atoms with Gasteiger partial charge in [0, 0.05) is 25.0 Å². The predicted molar refractivity (Wildman–Crippen MR) is 121 cm³/mol. The molecule has 2 aromatic rings. The number of hydrogen-bond acceptors (Lipinski definition) is 11. The number of hydrogen-bond donors (Lipinski definition) is 4. The van der Waals surface area contributed by atoms with Gasteiger partial charge in [0.1, 0.15) is 0 Å². The van der Waals surface area contributed by atoms with Crippen LogP contribution in [0.25, 0.3) is 11.2 Å². The molecule has 15 nitrogen and oxygen atoms in total. The summed E-state index contributed by atoms with van der Waals surface area (Å²) in [6.45, 7) is -0.248. The highest BCUT2D eigenvalue weighted by molar-refractivity contribution is 7.99. The maximum Gasteiger partial charge on any atom is 0.472 e. The molecule has 3 heterocycles. The number of aromatic amines is 1. The molecule has 192 valence electrons. The van der Waals surface area contributed by atoms with Gasteiger partial charge in [0.25, 0.3) is 11.5 Å². The van der Waals surface area contributed by atoms with Crippen molar-refractivity contribution in [2.24, 2.45) is 7.05 Å². The van der Waals surface area contributed by atoms with E-state index < -0.39 is 28.0 Å². The van der Waals surface area contributed by atoms with Crippen molar-refractivity contribution in [1.82, 2.24) is 14.5 Å². The average Bonchev–Trinajstić information content (AvgIpc) is 3.36. The summed E-state index contributed by atoms with van der Waals surface area (Å²) in [7, 11) is -5.52. The Morgan fingerprint density at radius 2 is 1.94 bits per heavy atom. The lowest BCUT2D eigenvalue weighted by Crippen LogP contribution is -2.39. The molecule has 0 bridgehead atoms. The van der Waals surface area contributed by atoms with Crippen LogP contribution in [0.15, 0.2) is 11.1 Å². The number of nitrogen functional groups attached to an aromatic ring is 1. The van der Waals surface area contributed by atoms with E-state index in [0.717, 1.165) is 7.11 Å². The normalized spacial score (nSPS) is 22.1. The van der Waals surface area contributed by atoms with Crippen LogP contribution >= 0.6 is 27.4 Å². The predicted octanol–water partition coefficient (Wildman–Crippen LogP) is 0.439. The molecule has 1 fully saturated rings. The molecule has 3 rings (SSSR count). The summed E-state index contributed by atoms with van der Waals surface area (Å²) >= 11 is 1.30. The highest BCUT2D eigenvalue weighted by Crippen LogP contribution is 2.44. The van der Waals surface area contributed by atoms with E-state index in [0.29, 0.717) is 35.5 Å². The third kappa shape index (κ3) is 7.34. The maximum absolute atomic E-state index is 12.2. The van der Waals surface area contributed by atoms with Crippen LogP contribution in [0.5, 0.6) is 0 Å². The quantitative estimate of drug-likeness (QED) is 0.154. The van der Waals surface area contributed by atoms with Crippen LogP contribution in [0.1, 0.15) is 19.1 Å². The zero-order chi connectivity index (χ0) is 24.9. The minimum Gasteiger partial charge on any atom is -0.355 e. The Morgan fingerprint density at radius 1 is 1.26 bits per heavy atom. The number of nitrogens with two attached hydrogens (primary N) is 1. The number of nitrogens with zero attached hydrogens (tertiary/aromatic N) is 3. The van der Waals surface area contributed by atoms with E-state index in [2.05, 4.69) is 19.0 Å². The topological polar surface area (TPSA) is 201 Å². The Kier molecular flexibility index (Phi) is 9.31. The van der Waals surface area contributed by atoms with E-state index in [4.69, 9.17) is 24.4 Å². The standard InChI is InChI=1S/C16H27N5O10P2S/c1-20-10-21(14-13(20)15(22)19-16(17)18-14)12-4-3-11(31-12)9-30-33(25,26)29-6-8-34-7-5-28-32(23,24)27-2/h10-12H,3-9H2,1-2H3,(H4-,17,18,19,22,23,24,25,26)/p+1. The van der Waals surface area contributed by atoms with E-state index in [1.54, 1.807) is 22.5 Å². The van der Waals surface area contributed by atoms with Gasteiger partial charge in [0.2, 0.25) is 5.52 Å². The Bertz CT molecular complexity index is 1140. The number of aryl methyl sites for hydroxylation is 1. The van der Waals surface area contributed by atoms with Gasteiger partial charge in [-0.3, -0.25) is 32.4 Å². The third-order valence-electron chi connectivity index (χ3n) is 4.80. The number of aromatic nitrogens is 4. The number of H-pyrrole nitrogens is 1. The van der Waals surface area contributed by atoms with Crippen molar-refractivity contribution in [3.8, 4) is 0 Å². The number of thioether (sulfide) groups is 1. The summed E-state index contributed by atoms with van der Waals surface area (Å²) in [5.74, 6) is 0.695. The first-order valence-corrected chi connectivity index (χ1v) is 14.3. The van der Waals surface area contributed by atoms with Gasteiger partial charge in [-0.2, -0.15) is 11.8 Å². The second-order valence-electron chi connectivity index (χ2n) is 7.24. The summed E-state index contributed by atoms with van der Waals surface area (Å²) < 4.78 is 51.4. The molecule has 18 heteroatoms. The number of anilines is 1. The van der Waals surface area contributed by atoms with E-state index in [1.807, 2.05) is 0 Å². The fourth-order valence-corrected chi connectivity index (χ4v) is 5.32. The van der Waals surface area contributed by atoms with Crippen LogP contribution in [0, 0.1) is 0 Å². The number of nitrogens with one attached hydrogen (secondary N) is 1. The summed E-state index contributed by atoms with van der Waals surface area (Å²) in [6, 6.07) is 0. The molecule has 0 spiro atoms. The van der Waals surface area contributed by atoms with Gasteiger partial charge in [0.15, 0.2) is 12.6 Å². The zero-order valence-electron chi connectivity index (χ0n) is 18.6. The van der Waals surface area contributed by atoms with E-state index >= 15 is 0 Å². The highest BCUT2D eigenvalue weighted by atomic mass is 32.2. The van der Waals surface area contributed by atoms with Crippen molar-refractivity contribution >= 4 is 44.5 Å². The molecular weight excluding hydrogens is 516 g/mol. The van der Waals surface area contributed by atoms with E-state index in [9.17, 15) is 18.8 Å². The molecule has 1 saturated heterocycles. The molecule has 0 aliphatic carbocycles. The van der Waals surface area contributed by atoms with Crippen molar-refractivity contribution in [1.29, 1.82) is 0 Å². The minimum absolute atomic E-state index is 0.0113. The number of fused-ring (bicyclic) bond motifs is 1. The first kappa shape index (κ1) is 27.3. The van der Waals surface area contributed by atoms with E-state index in [1.165, 1.54) is 11.8 Å². The van der Waals surface area contributed by atoms with Crippen LogP contribution in [0.3, 0.4) is 0 Å². The van der Waals surface area contributed by atoms with Gasteiger partial charge in [-0.1, -0.05) is 4.98 Å². The number of rotatable bonds is 13. The summed E-state index contributed by atoms with van der Waals surface area (Å²) in [6.07, 6.45) is 1.90. The highest BCUT2D eigenvalue weighted by Gasteiger charge is 2.34. The molecule has 0 saturated carbocycles. The molecule has 5 N–H and O–H groups in total. The summed E-state index contributed by atoms with van der Waals surface area (Å²) in [5.41, 5.74) is 6.02. The second kappa shape index (κ2) is 11.6. The first-order chi connectivity index (χ1) is 16.0. The molecule has 0 radical (unpaired) electrons. The molecule has 0 aromatic carbocycles. The molecule has 4 unspecified atom stereocenters. The van der Waals surface area contributed by atoms with Gasteiger partial charge in [-0.05, 0) is 6.42 Å². The van der Waals surface area contributed by atoms with Crippen LogP contribution in [-0.2, 0) is 39.0 Å². The Morgan fingerprint density at radius 3 is 2.62 bits per heavy atom. The van der Waals surface area contributed by atoms with Crippen molar-refractivity contribution in [2.75, 3.05) is 44.2 Å². The largest absolute Gasteiger partial charge is 0.472 e. The lowest BCUT2D eigenvalue weighted by Gasteiger charge is -2.16. The van der Waals surface area contributed by atoms with Crippen molar-refractivity contribution in [2.45, 2.75) is 25.2 Å². The first-order valence-electron chi connectivity index (χ1n) is 10.2.